The molecule has 0 atom stereocenters. The van der Waals surface area contributed by atoms with Crippen molar-refractivity contribution in [1.82, 2.24) is 5.43 Å². The molecule has 0 unspecified atom stereocenters. The number of carbonyl (C=O) groups is 3. The number of para-hydroxylation sites is 3. The predicted octanol–water partition coefficient (Wildman–Crippen LogP) is 5.21. The third-order valence-electron chi connectivity index (χ3n) is 5.21. The van der Waals surface area contributed by atoms with E-state index >= 15 is 0 Å². The molecular weight excluding hydrogens is 672 g/mol. The van der Waals surface area contributed by atoms with Gasteiger partial charge in [0, 0.05) is 0 Å². The first-order valence-electron chi connectivity index (χ1n) is 12.4. The molecule has 0 aliphatic heterocycles. The number of anilines is 2. The second-order valence-electron chi connectivity index (χ2n) is 8.23. The molecule has 0 aliphatic carbocycles. The number of nitrogens with zero attached hydrogens (tertiary/aromatic N) is 1. The number of alkyl halides is 3. The first-order chi connectivity index (χ1) is 20.0. The van der Waals surface area contributed by atoms with Crippen molar-refractivity contribution in [2.24, 2.45) is 5.10 Å². The molecule has 0 heterocycles. The van der Waals surface area contributed by atoms with Crippen molar-refractivity contribution in [1.29, 1.82) is 0 Å². The minimum atomic E-state index is -4.64. The van der Waals surface area contributed by atoms with Crippen LogP contribution in [0.1, 0.15) is 25.0 Å². The zero-order chi connectivity index (χ0) is 30.7. The Balaban J connectivity index is 1.64. The summed E-state index contributed by atoms with van der Waals surface area (Å²) in [7, 11) is 0. The van der Waals surface area contributed by atoms with Crippen LogP contribution in [-0.2, 0) is 20.6 Å². The van der Waals surface area contributed by atoms with Gasteiger partial charge in [-0.1, -0.05) is 24.3 Å². The van der Waals surface area contributed by atoms with Gasteiger partial charge in [0.05, 0.1) is 39.9 Å². The van der Waals surface area contributed by atoms with Crippen LogP contribution < -0.4 is 30.3 Å². The van der Waals surface area contributed by atoms with Crippen molar-refractivity contribution < 1.29 is 41.8 Å². The Bertz CT molecular complexity index is 1470. The molecule has 0 aromatic heterocycles. The van der Waals surface area contributed by atoms with E-state index < -0.39 is 36.1 Å². The molecule has 3 aromatic rings. The van der Waals surface area contributed by atoms with Gasteiger partial charge in [0.2, 0.25) is 0 Å². The Morgan fingerprint density at radius 1 is 0.857 bits per heavy atom. The predicted molar refractivity (Wildman–Crippen MR) is 158 cm³/mol. The number of benzene rings is 3. The Morgan fingerprint density at radius 3 is 2.19 bits per heavy atom. The number of nitrogens with one attached hydrogen (secondary N) is 3. The highest BCUT2D eigenvalue weighted by molar-refractivity contribution is 14.1. The van der Waals surface area contributed by atoms with Crippen LogP contribution in [0.2, 0.25) is 0 Å². The summed E-state index contributed by atoms with van der Waals surface area (Å²) in [4.78, 5) is 36.9. The molecule has 3 N–H and O–H groups in total. The molecule has 0 radical (unpaired) electrons. The zero-order valence-corrected chi connectivity index (χ0v) is 24.5. The molecule has 0 saturated carbocycles. The number of carbonyl (C=O) groups excluding carboxylic acids is 3. The van der Waals surface area contributed by atoms with Gasteiger partial charge >= 0.3 is 18.0 Å². The van der Waals surface area contributed by atoms with E-state index in [1.807, 2.05) is 22.6 Å². The molecule has 0 saturated heterocycles. The van der Waals surface area contributed by atoms with E-state index in [2.05, 4.69) is 21.2 Å². The van der Waals surface area contributed by atoms with Gasteiger partial charge < -0.3 is 24.8 Å². The van der Waals surface area contributed by atoms with Crippen molar-refractivity contribution in [2.75, 3.05) is 30.5 Å². The average Bonchev–Trinajstić information content (AvgIpc) is 2.93. The van der Waals surface area contributed by atoms with Gasteiger partial charge in [-0.3, -0.25) is 14.4 Å². The highest BCUT2D eigenvalue weighted by atomic mass is 127. The molecule has 3 aromatic carbocycles. The first-order valence-corrected chi connectivity index (χ1v) is 13.5. The van der Waals surface area contributed by atoms with Gasteiger partial charge in [-0.25, -0.2) is 5.43 Å². The molecule has 0 spiro atoms. The highest BCUT2D eigenvalue weighted by Gasteiger charge is 2.33. The summed E-state index contributed by atoms with van der Waals surface area (Å²) in [5, 5.41) is 8.48. The minimum Gasteiger partial charge on any atom is -0.492 e. The molecule has 14 heteroatoms. The number of ether oxygens (including phenoxy) is 3. The maximum atomic E-state index is 13.2. The van der Waals surface area contributed by atoms with Crippen LogP contribution in [0.15, 0.2) is 65.8 Å². The van der Waals surface area contributed by atoms with Gasteiger partial charge in [0.25, 0.3) is 5.91 Å². The SMILES string of the molecule is CCOc1ccccc1NC(=O)C(=O)N/N=C\c1cc(I)c(OCC(=O)Nc2ccccc2C(F)(F)F)c(OCC)c1. The fourth-order valence-corrected chi connectivity index (χ4v) is 4.26. The fraction of sp³-hybridized carbons (Fsp3) is 0.214. The fourth-order valence-electron chi connectivity index (χ4n) is 3.48. The van der Waals surface area contributed by atoms with Crippen LogP contribution in [0.4, 0.5) is 24.5 Å². The quantitative estimate of drug-likeness (QED) is 0.109. The summed E-state index contributed by atoms with van der Waals surface area (Å²) in [6.45, 7) is 3.53. The van der Waals surface area contributed by atoms with Gasteiger partial charge in [0.15, 0.2) is 18.1 Å². The number of hydrogen-bond acceptors (Lipinski definition) is 7. The lowest BCUT2D eigenvalue weighted by Crippen LogP contribution is -2.32. The van der Waals surface area contributed by atoms with Gasteiger partial charge in [0.1, 0.15) is 5.75 Å². The van der Waals surface area contributed by atoms with E-state index in [0.717, 1.165) is 12.1 Å². The summed E-state index contributed by atoms with van der Waals surface area (Å²) in [6.07, 6.45) is -3.37. The lowest BCUT2D eigenvalue weighted by atomic mass is 10.1. The third-order valence-corrected chi connectivity index (χ3v) is 6.01. The van der Waals surface area contributed by atoms with E-state index in [9.17, 15) is 27.6 Å². The molecule has 0 fully saturated rings. The summed E-state index contributed by atoms with van der Waals surface area (Å²) >= 11 is 1.92. The third kappa shape index (κ3) is 9.09. The van der Waals surface area contributed by atoms with Crippen LogP contribution in [0.3, 0.4) is 0 Å². The van der Waals surface area contributed by atoms with Crippen LogP contribution in [0, 0.1) is 3.57 Å². The van der Waals surface area contributed by atoms with Crippen LogP contribution in [0.5, 0.6) is 17.2 Å². The molecular formula is C28H26F3IN4O6. The topological polar surface area (TPSA) is 127 Å². The summed E-state index contributed by atoms with van der Waals surface area (Å²) in [5.74, 6) is -1.95. The maximum Gasteiger partial charge on any atom is 0.418 e. The van der Waals surface area contributed by atoms with Crippen LogP contribution >= 0.6 is 22.6 Å². The molecule has 222 valence electrons. The van der Waals surface area contributed by atoms with Crippen molar-refractivity contribution >= 4 is 57.9 Å². The van der Waals surface area contributed by atoms with E-state index in [0.29, 0.717) is 27.2 Å². The lowest BCUT2D eigenvalue weighted by Gasteiger charge is -2.16. The maximum absolute atomic E-state index is 13.2. The molecule has 10 nitrogen and oxygen atoms in total. The van der Waals surface area contributed by atoms with Crippen molar-refractivity contribution in [2.45, 2.75) is 20.0 Å². The largest absolute Gasteiger partial charge is 0.492 e. The minimum absolute atomic E-state index is 0.185. The van der Waals surface area contributed by atoms with E-state index in [-0.39, 0.29) is 23.8 Å². The van der Waals surface area contributed by atoms with Gasteiger partial charge in [-0.05, 0) is 78.4 Å². The molecule has 0 aliphatic rings. The lowest BCUT2D eigenvalue weighted by molar-refractivity contribution is -0.137. The second kappa shape index (κ2) is 15.0. The van der Waals surface area contributed by atoms with Gasteiger partial charge in [-0.2, -0.15) is 18.3 Å². The number of rotatable bonds is 11. The Hall–Kier alpha value is -4.34. The molecule has 3 amide bonds. The monoisotopic (exact) mass is 698 g/mol. The second-order valence-corrected chi connectivity index (χ2v) is 9.39. The van der Waals surface area contributed by atoms with E-state index in [4.69, 9.17) is 14.2 Å². The average molecular weight is 698 g/mol. The number of hydrogen-bond donors (Lipinski definition) is 3. The van der Waals surface area contributed by atoms with E-state index in [1.165, 1.54) is 24.4 Å². The zero-order valence-electron chi connectivity index (χ0n) is 22.4. The molecule has 0 bridgehead atoms. The Kier molecular flexibility index (Phi) is 11.5. The molecule has 3 rings (SSSR count). The highest BCUT2D eigenvalue weighted by Crippen LogP contribution is 2.36. The van der Waals surface area contributed by atoms with Gasteiger partial charge in [-0.15, -0.1) is 0 Å². The Morgan fingerprint density at radius 2 is 1.50 bits per heavy atom. The van der Waals surface area contributed by atoms with Crippen molar-refractivity contribution in [3.05, 3.63) is 75.4 Å². The first kappa shape index (κ1) is 32.2. The molecule has 42 heavy (non-hydrogen) atoms. The summed E-state index contributed by atoms with van der Waals surface area (Å²) < 4.78 is 56.8. The Labute approximate surface area is 252 Å². The van der Waals surface area contributed by atoms with Crippen LogP contribution in [0.25, 0.3) is 0 Å². The van der Waals surface area contributed by atoms with Crippen molar-refractivity contribution in [3.8, 4) is 17.2 Å². The summed E-state index contributed by atoms with van der Waals surface area (Å²) in [5.41, 5.74) is 1.55. The normalized spacial score (nSPS) is 11.1. The number of hydrazone groups is 1. The summed E-state index contributed by atoms with van der Waals surface area (Å²) in [6, 6.07) is 14.4. The number of amides is 3. The van der Waals surface area contributed by atoms with Crippen molar-refractivity contribution in [3.63, 3.8) is 0 Å². The standard InChI is InChI=1S/C28H26F3IN4O6/c1-3-40-22-12-8-7-11-21(22)35-26(38)27(39)36-33-15-17-13-19(32)25(23(14-17)41-4-2)42-16-24(37)34-20-10-6-5-9-18(20)28(29,30)31/h5-15H,3-4,16H2,1-2H3,(H,34,37)(H,35,38)(H,36,39)/b33-15-. The van der Waals surface area contributed by atoms with Crippen LogP contribution in [-0.4, -0.2) is 43.8 Å². The number of halogens is 4. The van der Waals surface area contributed by atoms with E-state index in [1.54, 1.807) is 44.2 Å². The smallest absolute Gasteiger partial charge is 0.418 e.